The van der Waals surface area contributed by atoms with E-state index in [1.54, 1.807) is 6.07 Å². The van der Waals surface area contributed by atoms with E-state index in [2.05, 4.69) is 22.8 Å². The molecule has 2 bridgehead atoms. The number of benzene rings is 1. The first-order valence-corrected chi connectivity index (χ1v) is 8.70. The van der Waals surface area contributed by atoms with E-state index in [1.807, 2.05) is 25.1 Å². The SMILES string of the molecule is Cc1ccccc1NC(=O)NCN1C(=O)C2C3C=CC(CC3)C2C1=O. The highest BCUT2D eigenvalue weighted by Crippen LogP contribution is 2.49. The van der Waals surface area contributed by atoms with E-state index < -0.39 is 6.03 Å². The van der Waals surface area contributed by atoms with Crippen LogP contribution in [0.3, 0.4) is 0 Å². The van der Waals surface area contributed by atoms with Crippen molar-refractivity contribution in [3.63, 3.8) is 0 Å². The van der Waals surface area contributed by atoms with Gasteiger partial charge in [0.25, 0.3) is 0 Å². The number of carbonyl (C=O) groups excluding carboxylic acids is 3. The number of allylic oxidation sites excluding steroid dienone is 2. The summed E-state index contributed by atoms with van der Waals surface area (Å²) in [4.78, 5) is 38.6. The fourth-order valence-electron chi connectivity index (χ4n) is 4.32. The van der Waals surface area contributed by atoms with Gasteiger partial charge in [-0.3, -0.25) is 14.5 Å². The molecule has 1 heterocycles. The van der Waals surface area contributed by atoms with Crippen LogP contribution in [0.5, 0.6) is 0 Å². The van der Waals surface area contributed by atoms with Crippen LogP contribution in [0, 0.1) is 30.6 Å². The molecular weight excluding hydrogens is 318 g/mol. The van der Waals surface area contributed by atoms with Crippen LogP contribution in [0.2, 0.25) is 0 Å². The Hall–Kier alpha value is -2.63. The van der Waals surface area contributed by atoms with Gasteiger partial charge in [-0.05, 0) is 43.2 Å². The molecule has 130 valence electrons. The highest BCUT2D eigenvalue weighted by Gasteiger charge is 2.56. The number of amides is 4. The first kappa shape index (κ1) is 15.9. The van der Waals surface area contributed by atoms with Crippen LogP contribution in [-0.4, -0.2) is 29.4 Å². The lowest BCUT2D eigenvalue weighted by atomic mass is 9.63. The predicted molar refractivity (Wildman–Crippen MR) is 92.4 cm³/mol. The van der Waals surface area contributed by atoms with E-state index in [0.29, 0.717) is 5.69 Å². The molecule has 4 aliphatic rings. The standard InChI is InChI=1S/C19H21N3O3/c1-11-4-2-3-5-14(11)21-19(25)20-10-22-17(23)15-12-6-7-13(9-8-12)16(15)18(22)24/h2-7,12-13,15-16H,8-10H2,1H3,(H2,20,21,25). The van der Waals surface area contributed by atoms with E-state index >= 15 is 0 Å². The Labute approximate surface area is 146 Å². The van der Waals surface area contributed by atoms with E-state index in [0.717, 1.165) is 18.4 Å². The van der Waals surface area contributed by atoms with Crippen LogP contribution in [0.15, 0.2) is 36.4 Å². The molecule has 1 aromatic carbocycles. The first-order chi connectivity index (χ1) is 12.1. The smallest absolute Gasteiger partial charge is 0.320 e. The number of urea groups is 1. The van der Waals surface area contributed by atoms with E-state index in [9.17, 15) is 14.4 Å². The molecule has 0 radical (unpaired) electrons. The van der Waals surface area contributed by atoms with Crippen molar-refractivity contribution in [2.45, 2.75) is 19.8 Å². The van der Waals surface area contributed by atoms with Gasteiger partial charge in [-0.2, -0.15) is 0 Å². The maximum atomic E-state index is 12.7. The number of rotatable bonds is 3. The lowest BCUT2D eigenvalue weighted by Gasteiger charge is -2.38. The number of hydrogen-bond donors (Lipinski definition) is 2. The van der Waals surface area contributed by atoms with Gasteiger partial charge < -0.3 is 10.6 Å². The third kappa shape index (κ3) is 2.62. The number of likely N-dealkylation sites (tertiary alicyclic amines) is 1. The summed E-state index contributed by atoms with van der Waals surface area (Å²) in [6, 6.07) is 7.01. The number of carbonyl (C=O) groups is 3. The summed E-state index contributed by atoms with van der Waals surface area (Å²) in [5.74, 6) is -0.445. The second kappa shape index (κ2) is 6.02. The number of anilines is 1. The van der Waals surface area contributed by atoms with Crippen LogP contribution in [-0.2, 0) is 9.59 Å². The maximum Gasteiger partial charge on any atom is 0.320 e. The Balaban J connectivity index is 1.40. The fourth-order valence-corrected chi connectivity index (χ4v) is 4.32. The van der Waals surface area contributed by atoms with Crippen molar-refractivity contribution in [3.8, 4) is 0 Å². The van der Waals surface area contributed by atoms with Gasteiger partial charge in [0.2, 0.25) is 11.8 Å². The summed E-state index contributed by atoms with van der Waals surface area (Å²) in [7, 11) is 0. The largest absolute Gasteiger partial charge is 0.320 e. The molecule has 1 saturated carbocycles. The normalized spacial score (nSPS) is 29.7. The van der Waals surface area contributed by atoms with Crippen molar-refractivity contribution >= 4 is 23.5 Å². The fraction of sp³-hybridized carbons (Fsp3) is 0.421. The topological polar surface area (TPSA) is 78.5 Å². The molecule has 2 N–H and O–H groups in total. The van der Waals surface area contributed by atoms with Gasteiger partial charge in [0.15, 0.2) is 0 Å². The summed E-state index contributed by atoms with van der Waals surface area (Å²) in [6.45, 7) is 1.82. The van der Waals surface area contributed by atoms with Crippen LogP contribution in [0.4, 0.5) is 10.5 Å². The van der Waals surface area contributed by atoms with Crippen LogP contribution in [0.1, 0.15) is 18.4 Å². The minimum atomic E-state index is -0.425. The molecule has 5 rings (SSSR count). The van der Waals surface area contributed by atoms with Crippen molar-refractivity contribution in [2.75, 3.05) is 12.0 Å². The molecule has 4 unspecified atom stereocenters. The molecule has 0 aromatic heterocycles. The molecular formula is C19H21N3O3. The van der Waals surface area contributed by atoms with Crippen LogP contribution < -0.4 is 10.6 Å². The second-order valence-corrected chi connectivity index (χ2v) is 7.05. The summed E-state index contributed by atoms with van der Waals surface area (Å²) in [5.41, 5.74) is 1.65. The molecule has 3 aliphatic carbocycles. The summed E-state index contributed by atoms with van der Waals surface area (Å²) < 4.78 is 0. The molecule has 1 aromatic rings. The minimum absolute atomic E-state index is 0.0815. The quantitative estimate of drug-likeness (QED) is 0.655. The number of nitrogens with one attached hydrogen (secondary N) is 2. The average molecular weight is 339 g/mol. The molecule has 2 fully saturated rings. The van der Waals surface area contributed by atoms with Crippen molar-refractivity contribution in [3.05, 3.63) is 42.0 Å². The molecule has 0 spiro atoms. The van der Waals surface area contributed by atoms with E-state index in [4.69, 9.17) is 0 Å². The monoisotopic (exact) mass is 339 g/mol. The zero-order chi connectivity index (χ0) is 17.6. The van der Waals surface area contributed by atoms with Gasteiger partial charge in [-0.15, -0.1) is 0 Å². The molecule has 6 heteroatoms. The molecule has 25 heavy (non-hydrogen) atoms. The lowest BCUT2D eigenvalue weighted by Crippen LogP contribution is -2.43. The zero-order valence-corrected chi connectivity index (χ0v) is 14.1. The number of aryl methyl sites for hydroxylation is 1. The maximum absolute atomic E-state index is 12.7. The number of hydrogen-bond acceptors (Lipinski definition) is 3. The van der Waals surface area contributed by atoms with E-state index in [1.165, 1.54) is 4.90 Å². The van der Waals surface area contributed by atoms with Gasteiger partial charge in [-0.25, -0.2) is 4.79 Å². The van der Waals surface area contributed by atoms with Crippen molar-refractivity contribution < 1.29 is 14.4 Å². The van der Waals surface area contributed by atoms with Gasteiger partial charge >= 0.3 is 6.03 Å². The Morgan fingerprint density at radius 1 is 1.08 bits per heavy atom. The molecule has 4 amide bonds. The van der Waals surface area contributed by atoms with E-state index in [-0.39, 0.29) is 42.2 Å². The highest BCUT2D eigenvalue weighted by atomic mass is 16.2. The van der Waals surface area contributed by atoms with Crippen molar-refractivity contribution in [1.82, 2.24) is 10.2 Å². The lowest BCUT2D eigenvalue weighted by molar-refractivity contribution is -0.140. The molecule has 4 atom stereocenters. The number of nitrogens with zero attached hydrogens (tertiary/aromatic N) is 1. The minimum Gasteiger partial charge on any atom is -0.320 e. The Bertz CT molecular complexity index is 741. The molecule has 1 aliphatic heterocycles. The van der Waals surface area contributed by atoms with Crippen LogP contribution >= 0.6 is 0 Å². The number of para-hydroxylation sites is 1. The number of imide groups is 1. The third-order valence-corrected chi connectivity index (χ3v) is 5.64. The highest BCUT2D eigenvalue weighted by molar-refractivity contribution is 6.06. The van der Waals surface area contributed by atoms with Crippen molar-refractivity contribution in [2.24, 2.45) is 23.7 Å². The van der Waals surface area contributed by atoms with Gasteiger partial charge in [-0.1, -0.05) is 30.4 Å². The predicted octanol–water partition coefficient (Wildman–Crippen LogP) is 2.27. The van der Waals surface area contributed by atoms with Crippen LogP contribution in [0.25, 0.3) is 0 Å². The van der Waals surface area contributed by atoms with Crippen molar-refractivity contribution in [1.29, 1.82) is 0 Å². The Morgan fingerprint density at radius 3 is 2.24 bits per heavy atom. The summed E-state index contributed by atoms with van der Waals surface area (Å²) >= 11 is 0. The van der Waals surface area contributed by atoms with Gasteiger partial charge in [0.1, 0.15) is 6.67 Å². The second-order valence-electron chi connectivity index (χ2n) is 7.05. The summed E-state index contributed by atoms with van der Waals surface area (Å²) in [5, 5.41) is 5.38. The molecule has 1 saturated heterocycles. The Morgan fingerprint density at radius 2 is 1.68 bits per heavy atom. The summed E-state index contributed by atoms with van der Waals surface area (Å²) in [6.07, 6.45) is 6.11. The van der Waals surface area contributed by atoms with Gasteiger partial charge in [0, 0.05) is 5.69 Å². The average Bonchev–Trinajstić information content (AvgIpc) is 2.89. The number of fused-ring (bicyclic) bond motifs is 1. The molecule has 6 nitrogen and oxygen atoms in total. The Kier molecular flexibility index (Phi) is 3.82. The zero-order valence-electron chi connectivity index (χ0n) is 14.1. The van der Waals surface area contributed by atoms with Gasteiger partial charge in [0.05, 0.1) is 11.8 Å². The third-order valence-electron chi connectivity index (χ3n) is 5.64. The first-order valence-electron chi connectivity index (χ1n) is 8.70.